The number of halogens is 1. The van der Waals surface area contributed by atoms with E-state index in [4.69, 9.17) is 4.74 Å². The maximum atomic E-state index is 12.4. The van der Waals surface area contributed by atoms with Crippen LogP contribution in [0.3, 0.4) is 0 Å². The summed E-state index contributed by atoms with van der Waals surface area (Å²) < 4.78 is 5.52. The van der Waals surface area contributed by atoms with Crippen molar-refractivity contribution < 1.29 is 14.3 Å². The van der Waals surface area contributed by atoms with Gasteiger partial charge in [0.05, 0.1) is 6.61 Å². The van der Waals surface area contributed by atoms with Crippen molar-refractivity contribution in [2.45, 2.75) is 39.0 Å². The van der Waals surface area contributed by atoms with Gasteiger partial charge in [-0.3, -0.25) is 9.59 Å². The van der Waals surface area contributed by atoms with Crippen LogP contribution in [-0.4, -0.2) is 49.9 Å². The lowest BCUT2D eigenvalue weighted by Crippen LogP contribution is -2.42. The Bertz CT molecular complexity index is 561. The summed E-state index contributed by atoms with van der Waals surface area (Å²) in [5.41, 5.74) is 0.642. The van der Waals surface area contributed by atoms with Crippen LogP contribution in [0.15, 0.2) is 24.3 Å². The maximum Gasteiger partial charge on any atom is 0.223 e. The number of ether oxygens (including phenoxy) is 1. The molecule has 0 aromatic heterocycles. The number of nitrogens with one attached hydrogen (secondary N) is 1. The first kappa shape index (κ1) is 22.5. The van der Waals surface area contributed by atoms with E-state index < -0.39 is 0 Å². The molecule has 2 rings (SSSR count). The Morgan fingerprint density at radius 1 is 1.23 bits per heavy atom. The summed E-state index contributed by atoms with van der Waals surface area (Å²) in [6.07, 6.45) is 3.72. The molecule has 1 atom stereocenters. The van der Waals surface area contributed by atoms with Gasteiger partial charge in [0.2, 0.25) is 5.91 Å². The Morgan fingerprint density at radius 3 is 2.62 bits per heavy atom. The smallest absolute Gasteiger partial charge is 0.223 e. The number of hydrogen-bond donors (Lipinski definition) is 1. The van der Waals surface area contributed by atoms with E-state index in [2.05, 4.69) is 12.2 Å². The second kappa shape index (κ2) is 11.9. The van der Waals surface area contributed by atoms with Crippen molar-refractivity contribution in [1.29, 1.82) is 0 Å². The SMILES string of the molecule is CCCOc1ccc(C(=O)CCC(=O)N2CCCC(CNC)C2)cc1.Cl. The lowest BCUT2D eigenvalue weighted by atomic mass is 9.97. The fourth-order valence-corrected chi connectivity index (χ4v) is 3.23. The summed E-state index contributed by atoms with van der Waals surface area (Å²) in [6, 6.07) is 7.19. The first-order valence-electron chi connectivity index (χ1n) is 9.32. The molecule has 0 bridgehead atoms. The standard InChI is InChI=1S/C20H30N2O3.ClH/c1-3-13-25-18-8-6-17(7-9-18)19(23)10-11-20(24)22-12-4-5-16(15-22)14-21-2;/h6-9,16,21H,3-5,10-15H2,1-2H3;1H. The van der Waals surface area contributed by atoms with E-state index in [0.717, 1.165) is 44.6 Å². The zero-order valence-electron chi connectivity index (χ0n) is 15.8. The highest BCUT2D eigenvalue weighted by atomic mass is 35.5. The number of hydrogen-bond acceptors (Lipinski definition) is 4. The summed E-state index contributed by atoms with van der Waals surface area (Å²) in [5, 5.41) is 3.18. The largest absolute Gasteiger partial charge is 0.494 e. The Labute approximate surface area is 162 Å². The molecular weight excluding hydrogens is 352 g/mol. The lowest BCUT2D eigenvalue weighted by Gasteiger charge is -2.32. The third-order valence-corrected chi connectivity index (χ3v) is 4.58. The molecule has 0 spiro atoms. The van der Waals surface area contributed by atoms with E-state index in [1.165, 1.54) is 0 Å². The van der Waals surface area contributed by atoms with Crippen LogP contribution in [0.1, 0.15) is 49.4 Å². The van der Waals surface area contributed by atoms with Crippen LogP contribution in [0.25, 0.3) is 0 Å². The Kier molecular flexibility index (Phi) is 10.3. The van der Waals surface area contributed by atoms with Crippen LogP contribution in [0.2, 0.25) is 0 Å². The molecule has 1 aliphatic heterocycles. The molecular formula is C20H31ClN2O3. The second-order valence-corrected chi connectivity index (χ2v) is 6.70. The minimum Gasteiger partial charge on any atom is -0.494 e. The topological polar surface area (TPSA) is 58.6 Å². The molecule has 1 unspecified atom stereocenters. The van der Waals surface area contributed by atoms with Gasteiger partial charge in [0.25, 0.3) is 0 Å². The number of benzene rings is 1. The normalized spacial score (nSPS) is 16.7. The molecule has 0 radical (unpaired) electrons. The van der Waals surface area contributed by atoms with Crippen molar-refractivity contribution in [3.63, 3.8) is 0 Å². The number of piperidine rings is 1. The Morgan fingerprint density at radius 2 is 1.96 bits per heavy atom. The minimum atomic E-state index is 0. The third kappa shape index (κ3) is 6.96. The summed E-state index contributed by atoms with van der Waals surface area (Å²) in [6.45, 7) is 5.29. The van der Waals surface area contributed by atoms with Gasteiger partial charge < -0.3 is 15.0 Å². The van der Waals surface area contributed by atoms with Crippen LogP contribution < -0.4 is 10.1 Å². The highest BCUT2D eigenvalue weighted by molar-refractivity contribution is 5.98. The number of carbonyl (C=O) groups is 2. The van der Waals surface area contributed by atoms with Gasteiger partial charge in [-0.15, -0.1) is 12.4 Å². The fraction of sp³-hybridized carbons (Fsp3) is 0.600. The zero-order valence-corrected chi connectivity index (χ0v) is 16.6. The van der Waals surface area contributed by atoms with Crippen LogP contribution in [-0.2, 0) is 4.79 Å². The van der Waals surface area contributed by atoms with Crippen molar-refractivity contribution in [1.82, 2.24) is 10.2 Å². The predicted octanol–water partition coefficient (Wildman–Crippen LogP) is 3.32. The highest BCUT2D eigenvalue weighted by Crippen LogP contribution is 2.18. The predicted molar refractivity (Wildman–Crippen MR) is 106 cm³/mol. The van der Waals surface area contributed by atoms with Gasteiger partial charge in [-0.2, -0.15) is 0 Å². The van der Waals surface area contributed by atoms with Crippen molar-refractivity contribution in [2.24, 2.45) is 5.92 Å². The molecule has 1 N–H and O–H groups in total. The molecule has 0 aliphatic carbocycles. The highest BCUT2D eigenvalue weighted by Gasteiger charge is 2.23. The van der Waals surface area contributed by atoms with Crippen LogP contribution in [0.5, 0.6) is 5.75 Å². The fourth-order valence-electron chi connectivity index (χ4n) is 3.23. The third-order valence-electron chi connectivity index (χ3n) is 4.58. The van der Waals surface area contributed by atoms with Crippen LogP contribution >= 0.6 is 12.4 Å². The van der Waals surface area contributed by atoms with E-state index >= 15 is 0 Å². The van der Waals surface area contributed by atoms with E-state index in [-0.39, 0.29) is 30.5 Å². The number of rotatable bonds is 9. The molecule has 1 aliphatic rings. The summed E-state index contributed by atoms with van der Waals surface area (Å²) >= 11 is 0. The average molecular weight is 383 g/mol. The van der Waals surface area contributed by atoms with E-state index in [0.29, 0.717) is 24.5 Å². The molecule has 5 nitrogen and oxygen atoms in total. The molecule has 1 saturated heterocycles. The molecule has 1 heterocycles. The van der Waals surface area contributed by atoms with Crippen molar-refractivity contribution in [2.75, 3.05) is 33.3 Å². The van der Waals surface area contributed by atoms with Crippen molar-refractivity contribution in [3.8, 4) is 5.75 Å². The molecule has 1 aromatic rings. The maximum absolute atomic E-state index is 12.4. The molecule has 6 heteroatoms. The number of carbonyl (C=O) groups excluding carboxylic acids is 2. The first-order chi connectivity index (χ1) is 12.1. The van der Waals surface area contributed by atoms with Gasteiger partial charge in [-0.05, 0) is 63.0 Å². The Balaban J connectivity index is 0.00000338. The second-order valence-electron chi connectivity index (χ2n) is 6.70. The van der Waals surface area contributed by atoms with Gasteiger partial charge >= 0.3 is 0 Å². The molecule has 1 fully saturated rings. The lowest BCUT2D eigenvalue weighted by molar-refractivity contribution is -0.132. The molecule has 1 amide bonds. The van der Waals surface area contributed by atoms with Crippen LogP contribution in [0, 0.1) is 5.92 Å². The monoisotopic (exact) mass is 382 g/mol. The number of nitrogens with zero attached hydrogens (tertiary/aromatic N) is 1. The average Bonchev–Trinajstić information content (AvgIpc) is 2.65. The summed E-state index contributed by atoms with van der Waals surface area (Å²) in [7, 11) is 1.94. The van der Waals surface area contributed by atoms with E-state index in [1.807, 2.05) is 24.1 Å². The number of likely N-dealkylation sites (tertiary alicyclic amines) is 1. The molecule has 146 valence electrons. The number of Topliss-reactive ketones (excluding diaryl/α,β-unsaturated/α-hetero) is 1. The quantitative estimate of drug-likeness (QED) is 0.665. The minimum absolute atomic E-state index is 0. The van der Waals surface area contributed by atoms with Gasteiger partial charge in [0.15, 0.2) is 5.78 Å². The number of ketones is 1. The van der Waals surface area contributed by atoms with E-state index in [1.54, 1.807) is 12.1 Å². The molecule has 1 aromatic carbocycles. The number of amides is 1. The van der Waals surface area contributed by atoms with Crippen molar-refractivity contribution >= 4 is 24.1 Å². The van der Waals surface area contributed by atoms with Crippen molar-refractivity contribution in [3.05, 3.63) is 29.8 Å². The van der Waals surface area contributed by atoms with Gasteiger partial charge in [0, 0.05) is 31.5 Å². The first-order valence-corrected chi connectivity index (χ1v) is 9.32. The van der Waals surface area contributed by atoms with Crippen LogP contribution in [0.4, 0.5) is 0 Å². The molecule has 26 heavy (non-hydrogen) atoms. The summed E-state index contributed by atoms with van der Waals surface area (Å²) in [4.78, 5) is 26.6. The zero-order chi connectivity index (χ0) is 18.1. The van der Waals surface area contributed by atoms with Gasteiger partial charge in [0.1, 0.15) is 5.75 Å². The summed E-state index contributed by atoms with van der Waals surface area (Å²) in [5.74, 6) is 1.41. The Hall–Kier alpha value is -1.59. The molecule has 0 saturated carbocycles. The van der Waals surface area contributed by atoms with Gasteiger partial charge in [-0.1, -0.05) is 6.92 Å². The van der Waals surface area contributed by atoms with E-state index in [9.17, 15) is 9.59 Å². The van der Waals surface area contributed by atoms with Gasteiger partial charge in [-0.25, -0.2) is 0 Å².